The summed E-state index contributed by atoms with van der Waals surface area (Å²) >= 11 is 6.07. The molecule has 1 aliphatic rings. The summed E-state index contributed by atoms with van der Waals surface area (Å²) in [4.78, 5) is 56.4. The summed E-state index contributed by atoms with van der Waals surface area (Å²) in [6, 6.07) is 13.9. The highest BCUT2D eigenvalue weighted by Crippen LogP contribution is 2.33. The van der Waals surface area contributed by atoms with Crippen molar-refractivity contribution in [3.8, 4) is 23.0 Å². The number of nitrogens with one attached hydrogen (secondary N) is 3. The van der Waals surface area contributed by atoms with Crippen molar-refractivity contribution < 1.29 is 37.8 Å². The molecule has 0 saturated carbocycles. The van der Waals surface area contributed by atoms with Gasteiger partial charge in [-0.3, -0.25) is 19.2 Å². The quantitative estimate of drug-likeness (QED) is 0.215. The minimum atomic E-state index is -1.32. The molecule has 0 aliphatic carbocycles. The van der Waals surface area contributed by atoms with Crippen LogP contribution in [0.3, 0.4) is 0 Å². The Morgan fingerprint density at radius 2 is 1.69 bits per heavy atom. The molecule has 280 valence electrons. The SMILES string of the molecule is CC(C)C[C@@H]1COc2ccccc2C(=O)N[C@H](C(=O)N[C@H](C)COc2ccc(F)cc2Oc2cccc(Cl)c2)CC(=O)N[C@H](CC(C)C)C(=O)N1C. The second-order valence-corrected chi connectivity index (χ2v) is 14.3. The molecule has 4 rings (SSSR count). The second kappa shape index (κ2) is 18.6. The highest BCUT2D eigenvalue weighted by Gasteiger charge is 2.33. The largest absolute Gasteiger partial charge is 0.491 e. The molecule has 0 radical (unpaired) electrons. The molecule has 4 amide bonds. The zero-order valence-corrected chi connectivity index (χ0v) is 31.2. The first-order valence-electron chi connectivity index (χ1n) is 17.4. The van der Waals surface area contributed by atoms with Crippen LogP contribution < -0.4 is 30.2 Å². The van der Waals surface area contributed by atoms with Crippen molar-refractivity contribution in [2.75, 3.05) is 20.3 Å². The van der Waals surface area contributed by atoms with E-state index in [0.29, 0.717) is 23.6 Å². The molecule has 1 heterocycles. The highest BCUT2D eigenvalue weighted by atomic mass is 35.5. The summed E-state index contributed by atoms with van der Waals surface area (Å²) in [6.07, 6.45) is 0.572. The maximum Gasteiger partial charge on any atom is 0.255 e. The number of carbonyl (C=O) groups is 4. The number of likely N-dealkylation sites (N-methyl/N-ethyl adjacent to an activating group) is 1. The minimum absolute atomic E-state index is 0.0678. The molecule has 4 atom stereocenters. The number of fused-ring (bicyclic) bond motifs is 1. The summed E-state index contributed by atoms with van der Waals surface area (Å²) in [6.45, 7) is 9.73. The van der Waals surface area contributed by atoms with Gasteiger partial charge in [0.15, 0.2) is 11.5 Å². The Kier molecular flexibility index (Phi) is 14.3. The average molecular weight is 739 g/mol. The predicted molar refractivity (Wildman–Crippen MR) is 196 cm³/mol. The van der Waals surface area contributed by atoms with Crippen LogP contribution >= 0.6 is 11.6 Å². The lowest BCUT2D eigenvalue weighted by Gasteiger charge is -2.33. The Bertz CT molecular complexity index is 1720. The lowest BCUT2D eigenvalue weighted by atomic mass is 9.99. The molecular weight excluding hydrogens is 691 g/mol. The van der Waals surface area contributed by atoms with Crippen LogP contribution in [0, 0.1) is 17.7 Å². The fourth-order valence-electron chi connectivity index (χ4n) is 5.79. The van der Waals surface area contributed by atoms with Gasteiger partial charge in [0, 0.05) is 18.1 Å². The van der Waals surface area contributed by atoms with Gasteiger partial charge in [-0.15, -0.1) is 0 Å². The predicted octanol–water partition coefficient (Wildman–Crippen LogP) is 6.14. The smallest absolute Gasteiger partial charge is 0.255 e. The van der Waals surface area contributed by atoms with Crippen LogP contribution in [0.1, 0.15) is 64.2 Å². The molecular formula is C39H48ClFN4O7. The second-order valence-electron chi connectivity index (χ2n) is 13.9. The van der Waals surface area contributed by atoms with E-state index in [1.54, 1.807) is 67.4 Å². The lowest BCUT2D eigenvalue weighted by molar-refractivity contribution is -0.138. The van der Waals surface area contributed by atoms with Gasteiger partial charge in [0.05, 0.1) is 24.1 Å². The zero-order chi connectivity index (χ0) is 37.9. The van der Waals surface area contributed by atoms with Gasteiger partial charge in [0.1, 0.15) is 42.6 Å². The molecule has 0 saturated heterocycles. The number of halogens is 2. The van der Waals surface area contributed by atoms with Gasteiger partial charge in [0.25, 0.3) is 5.91 Å². The molecule has 0 aromatic heterocycles. The van der Waals surface area contributed by atoms with Crippen molar-refractivity contribution in [2.24, 2.45) is 11.8 Å². The summed E-state index contributed by atoms with van der Waals surface area (Å²) in [5.74, 6) is -1.36. The number of rotatable bonds is 11. The Hall–Kier alpha value is -4.84. The molecule has 0 bridgehead atoms. The molecule has 0 fully saturated rings. The third-order valence-electron chi connectivity index (χ3n) is 8.36. The number of hydrogen-bond donors (Lipinski definition) is 3. The average Bonchev–Trinajstić information content (AvgIpc) is 3.07. The molecule has 0 unspecified atom stereocenters. The van der Waals surface area contributed by atoms with E-state index < -0.39 is 48.1 Å². The maximum absolute atomic E-state index is 14.1. The van der Waals surface area contributed by atoms with E-state index in [0.717, 1.165) is 0 Å². The summed E-state index contributed by atoms with van der Waals surface area (Å²) in [5, 5.41) is 8.76. The van der Waals surface area contributed by atoms with Crippen molar-refractivity contribution in [2.45, 2.75) is 78.0 Å². The third-order valence-corrected chi connectivity index (χ3v) is 8.60. The molecule has 52 heavy (non-hydrogen) atoms. The number of carbonyl (C=O) groups excluding carboxylic acids is 4. The summed E-state index contributed by atoms with van der Waals surface area (Å²) in [7, 11) is 1.70. The third kappa shape index (κ3) is 11.6. The van der Waals surface area contributed by atoms with Gasteiger partial charge in [-0.2, -0.15) is 0 Å². The normalized spacial score (nSPS) is 19.2. The zero-order valence-electron chi connectivity index (χ0n) is 30.4. The number of para-hydroxylation sites is 1. The number of hydrogen-bond acceptors (Lipinski definition) is 7. The fraction of sp³-hybridized carbons (Fsp3) is 0.436. The topological polar surface area (TPSA) is 135 Å². The number of ether oxygens (including phenoxy) is 3. The Balaban J connectivity index is 1.54. The van der Waals surface area contributed by atoms with Crippen LogP contribution in [0.2, 0.25) is 5.02 Å². The van der Waals surface area contributed by atoms with Gasteiger partial charge in [0.2, 0.25) is 17.7 Å². The van der Waals surface area contributed by atoms with Gasteiger partial charge < -0.3 is 35.1 Å². The van der Waals surface area contributed by atoms with Crippen LogP contribution in [0.4, 0.5) is 4.39 Å². The van der Waals surface area contributed by atoms with Gasteiger partial charge in [-0.25, -0.2) is 4.39 Å². The summed E-state index contributed by atoms with van der Waals surface area (Å²) < 4.78 is 32.0. The highest BCUT2D eigenvalue weighted by molar-refractivity contribution is 6.30. The van der Waals surface area contributed by atoms with Gasteiger partial charge >= 0.3 is 0 Å². The molecule has 3 N–H and O–H groups in total. The van der Waals surface area contributed by atoms with Crippen molar-refractivity contribution in [3.63, 3.8) is 0 Å². The number of amides is 4. The van der Waals surface area contributed by atoms with E-state index in [-0.39, 0.29) is 59.8 Å². The van der Waals surface area contributed by atoms with E-state index >= 15 is 0 Å². The van der Waals surface area contributed by atoms with E-state index in [1.165, 1.54) is 18.2 Å². The van der Waals surface area contributed by atoms with Crippen molar-refractivity contribution in [3.05, 3.63) is 83.1 Å². The molecule has 3 aromatic rings. The van der Waals surface area contributed by atoms with Crippen molar-refractivity contribution >= 4 is 35.2 Å². The van der Waals surface area contributed by atoms with Crippen LogP contribution in [0.25, 0.3) is 0 Å². The summed E-state index contributed by atoms with van der Waals surface area (Å²) in [5.41, 5.74) is 0.174. The van der Waals surface area contributed by atoms with Crippen LogP contribution in [-0.4, -0.2) is 73.0 Å². The van der Waals surface area contributed by atoms with E-state index in [2.05, 4.69) is 16.0 Å². The monoisotopic (exact) mass is 738 g/mol. The Morgan fingerprint density at radius 3 is 2.40 bits per heavy atom. The first-order chi connectivity index (χ1) is 24.7. The first-order valence-corrected chi connectivity index (χ1v) is 17.8. The standard InChI is InChI=1S/C39H48ClFN4O7/c1-23(2)16-28-22-51-33-13-8-7-12-30(33)37(47)44-31(20-36(46)43-32(17-24(3)4)39(49)45(28)6)38(48)42-25(5)21-50-34-15-14-27(41)19-35(34)52-29-11-9-10-26(40)18-29/h7-15,18-19,23-25,28,31-32H,16-17,20-22H2,1-6H3,(H,42,48)(H,43,46)(H,44,47)/t25-,28-,31+,32-/m1/s1. The van der Waals surface area contributed by atoms with Gasteiger partial charge in [-0.1, -0.05) is 57.5 Å². The fourth-order valence-corrected chi connectivity index (χ4v) is 5.97. The van der Waals surface area contributed by atoms with E-state index in [4.69, 9.17) is 25.8 Å². The molecule has 1 aliphatic heterocycles. The molecule has 11 nitrogen and oxygen atoms in total. The van der Waals surface area contributed by atoms with Crippen molar-refractivity contribution in [1.29, 1.82) is 0 Å². The van der Waals surface area contributed by atoms with Crippen LogP contribution in [0.15, 0.2) is 66.7 Å². The Labute approximate surface area is 309 Å². The molecule has 3 aromatic carbocycles. The molecule has 0 spiro atoms. The van der Waals surface area contributed by atoms with Crippen molar-refractivity contribution in [1.82, 2.24) is 20.9 Å². The number of benzene rings is 3. The maximum atomic E-state index is 14.1. The first kappa shape index (κ1) is 39.9. The van der Waals surface area contributed by atoms with E-state index in [1.807, 2.05) is 27.7 Å². The lowest BCUT2D eigenvalue weighted by Crippen LogP contribution is -2.55. The Morgan fingerprint density at radius 1 is 0.962 bits per heavy atom. The molecule has 13 heteroatoms. The van der Waals surface area contributed by atoms with E-state index in [9.17, 15) is 23.6 Å². The van der Waals surface area contributed by atoms with Gasteiger partial charge in [-0.05, 0) is 74.1 Å². The minimum Gasteiger partial charge on any atom is -0.491 e. The van der Waals surface area contributed by atoms with Crippen LogP contribution in [-0.2, 0) is 14.4 Å². The number of nitrogens with zero attached hydrogens (tertiary/aromatic N) is 1. The van der Waals surface area contributed by atoms with Crippen LogP contribution in [0.5, 0.6) is 23.0 Å².